The van der Waals surface area contributed by atoms with Crippen molar-refractivity contribution in [2.75, 3.05) is 0 Å². The highest BCUT2D eigenvalue weighted by Crippen LogP contribution is 2.78. The maximum atomic E-state index is 15.4. The fraction of sp³-hybridized carbons (Fsp3) is 0. The summed E-state index contributed by atoms with van der Waals surface area (Å²) < 4.78 is 294. The van der Waals surface area contributed by atoms with Crippen molar-refractivity contribution >= 4 is 10.0 Å². The van der Waals surface area contributed by atoms with Gasteiger partial charge < -0.3 is 0 Å². The molecule has 0 spiro atoms. The molecular formula is C24F20S. The molecule has 0 heterocycles. The zero-order chi connectivity index (χ0) is 34.4. The molecule has 0 aliphatic carbocycles. The second kappa shape index (κ2) is 11.0. The monoisotopic (exact) mass is 700 g/mol. The highest BCUT2D eigenvalue weighted by atomic mass is 32.3. The molecule has 0 N–H and O–H groups in total. The van der Waals surface area contributed by atoms with Gasteiger partial charge in [-0.25, -0.2) is 87.8 Å². The van der Waals surface area contributed by atoms with Gasteiger partial charge >= 0.3 is 0 Å². The molecule has 0 fully saturated rings. The standard InChI is InChI=1S/C24F20S/c25-1-5(29)13(37)21(14(38)6(1)30)45(22-15(39)7(31)2(26)8(32)16(22)40,23-17(41)9(33)3(27)10(34)18(23)42)24-19(43)11(35)4(28)12(36)20(24)44. The van der Waals surface area contributed by atoms with Gasteiger partial charge in [-0.3, -0.25) is 0 Å². The highest BCUT2D eigenvalue weighted by Gasteiger charge is 2.54. The van der Waals surface area contributed by atoms with Gasteiger partial charge in [0, 0.05) is 0 Å². The average molecular weight is 700 g/mol. The molecule has 0 aliphatic rings. The van der Waals surface area contributed by atoms with E-state index in [0.29, 0.717) is 0 Å². The zero-order valence-electron chi connectivity index (χ0n) is 20.0. The van der Waals surface area contributed by atoms with Crippen molar-refractivity contribution in [3.05, 3.63) is 116 Å². The van der Waals surface area contributed by atoms with Crippen molar-refractivity contribution < 1.29 is 87.8 Å². The van der Waals surface area contributed by atoms with Gasteiger partial charge in [0.2, 0.25) is 23.3 Å². The molecule has 0 radical (unpaired) electrons. The summed E-state index contributed by atoms with van der Waals surface area (Å²) >= 11 is 0. The number of rotatable bonds is 4. The normalized spacial score (nSPS) is 12.4. The summed E-state index contributed by atoms with van der Waals surface area (Å²) in [4.78, 5) is -14.2. The molecule has 0 amide bonds. The summed E-state index contributed by atoms with van der Waals surface area (Å²) in [5, 5.41) is 0. The van der Waals surface area contributed by atoms with Gasteiger partial charge in [0.25, 0.3) is 0 Å². The fourth-order valence-corrected chi connectivity index (χ4v) is 8.12. The minimum Gasteiger partial charge on any atom is -0.202 e. The van der Waals surface area contributed by atoms with Gasteiger partial charge in [-0.05, 0) is 0 Å². The number of halogens is 20. The minimum absolute atomic E-state index is 3.34. The molecule has 0 saturated heterocycles. The second-order valence-electron chi connectivity index (χ2n) is 8.21. The first kappa shape index (κ1) is 33.7. The van der Waals surface area contributed by atoms with E-state index in [1.54, 1.807) is 0 Å². The molecular weight excluding hydrogens is 700 g/mol. The molecule has 0 bridgehead atoms. The van der Waals surface area contributed by atoms with Crippen LogP contribution < -0.4 is 0 Å². The summed E-state index contributed by atoms with van der Waals surface area (Å²) in [6.07, 6.45) is 0. The lowest BCUT2D eigenvalue weighted by atomic mass is 10.3. The summed E-state index contributed by atoms with van der Waals surface area (Å²) in [5.41, 5.74) is 0. The Bertz CT molecular complexity index is 1570. The lowest BCUT2D eigenvalue weighted by Crippen LogP contribution is -2.24. The molecule has 0 unspecified atom stereocenters. The Kier molecular flexibility index (Phi) is 8.26. The van der Waals surface area contributed by atoms with Gasteiger partial charge in [-0.2, -0.15) is 0 Å². The van der Waals surface area contributed by atoms with Gasteiger partial charge in [-0.15, -0.1) is 10.0 Å². The lowest BCUT2D eigenvalue weighted by Gasteiger charge is -2.42. The highest BCUT2D eigenvalue weighted by molar-refractivity contribution is 8.34. The van der Waals surface area contributed by atoms with Crippen LogP contribution in [0.2, 0.25) is 0 Å². The second-order valence-corrected chi connectivity index (χ2v) is 11.1. The molecule has 0 saturated carbocycles. The molecule has 0 atom stereocenters. The van der Waals surface area contributed by atoms with E-state index in [9.17, 15) is 52.7 Å². The van der Waals surface area contributed by atoms with Crippen LogP contribution in [0.1, 0.15) is 0 Å². The van der Waals surface area contributed by atoms with Crippen molar-refractivity contribution in [1.29, 1.82) is 0 Å². The zero-order valence-corrected chi connectivity index (χ0v) is 20.8. The Balaban J connectivity index is 2.69. The largest absolute Gasteiger partial charge is 0.202 e. The summed E-state index contributed by atoms with van der Waals surface area (Å²) in [6, 6.07) is 0. The molecule has 4 aromatic carbocycles. The van der Waals surface area contributed by atoms with Crippen LogP contribution in [0.15, 0.2) is 19.6 Å². The number of hydrogen-bond acceptors (Lipinski definition) is 0. The van der Waals surface area contributed by atoms with Crippen molar-refractivity contribution in [1.82, 2.24) is 0 Å². The Labute approximate surface area is 234 Å². The van der Waals surface area contributed by atoms with Crippen LogP contribution >= 0.6 is 10.0 Å². The third-order valence-electron chi connectivity index (χ3n) is 5.90. The Hall–Kier alpha value is -4.17. The number of hydrogen-bond donors (Lipinski definition) is 0. The summed E-state index contributed by atoms with van der Waals surface area (Å²) in [6.45, 7) is 0. The van der Waals surface area contributed by atoms with Gasteiger partial charge in [0.1, 0.15) is 0 Å². The quantitative estimate of drug-likeness (QED) is 0.113. The Morgan fingerprint density at radius 1 is 0.156 bits per heavy atom. The summed E-state index contributed by atoms with van der Waals surface area (Å²) in [5.74, 6) is -71.3. The van der Waals surface area contributed by atoms with Crippen molar-refractivity contribution in [3.8, 4) is 0 Å². The predicted molar refractivity (Wildman–Crippen MR) is 106 cm³/mol. The van der Waals surface area contributed by atoms with E-state index in [4.69, 9.17) is 0 Å². The SMILES string of the molecule is Fc1c(F)c(F)c(S(c2c(F)c(F)c(F)c(F)c2F)(c2c(F)c(F)c(F)c(F)c2F)c2c(F)c(F)c(F)c(F)c2F)c(F)c1F. The molecule has 0 aliphatic heterocycles. The molecule has 0 nitrogen and oxygen atoms in total. The smallest absolute Gasteiger partial charge is 0.200 e. The van der Waals surface area contributed by atoms with E-state index >= 15 is 35.1 Å². The fourth-order valence-electron chi connectivity index (χ4n) is 4.03. The van der Waals surface area contributed by atoms with Crippen molar-refractivity contribution in [2.24, 2.45) is 0 Å². The van der Waals surface area contributed by atoms with Gasteiger partial charge in [0.05, 0.1) is 19.6 Å². The van der Waals surface area contributed by atoms with E-state index in [0.717, 1.165) is 0 Å². The molecule has 45 heavy (non-hydrogen) atoms. The van der Waals surface area contributed by atoms with E-state index < -0.39 is 146 Å². The topological polar surface area (TPSA) is 0 Å². The van der Waals surface area contributed by atoms with Crippen LogP contribution in [0.4, 0.5) is 87.8 Å². The predicted octanol–water partition coefficient (Wildman–Crippen LogP) is 9.81. The first-order chi connectivity index (χ1) is 20.7. The van der Waals surface area contributed by atoms with E-state index in [1.165, 1.54) is 0 Å². The molecule has 242 valence electrons. The first-order valence-electron chi connectivity index (χ1n) is 10.6. The van der Waals surface area contributed by atoms with Gasteiger partial charge in [-0.1, -0.05) is 0 Å². The summed E-state index contributed by atoms with van der Waals surface area (Å²) in [7, 11) is -7.59. The maximum absolute atomic E-state index is 15.4. The molecule has 0 aromatic heterocycles. The Morgan fingerprint density at radius 2 is 0.244 bits per heavy atom. The van der Waals surface area contributed by atoms with E-state index in [2.05, 4.69) is 0 Å². The van der Waals surface area contributed by atoms with Crippen LogP contribution in [-0.2, 0) is 0 Å². The third kappa shape index (κ3) is 4.25. The van der Waals surface area contributed by atoms with Gasteiger partial charge in [0.15, 0.2) is 93.1 Å². The average Bonchev–Trinajstić information content (AvgIpc) is 3.00. The van der Waals surface area contributed by atoms with Crippen LogP contribution in [0, 0.1) is 116 Å². The van der Waals surface area contributed by atoms with Crippen LogP contribution in [0.5, 0.6) is 0 Å². The molecule has 4 aromatic rings. The van der Waals surface area contributed by atoms with E-state index in [-0.39, 0.29) is 0 Å². The van der Waals surface area contributed by atoms with Crippen LogP contribution in [0.25, 0.3) is 0 Å². The first-order valence-corrected chi connectivity index (χ1v) is 12.2. The maximum Gasteiger partial charge on any atom is 0.200 e. The van der Waals surface area contributed by atoms with Crippen molar-refractivity contribution in [3.63, 3.8) is 0 Å². The van der Waals surface area contributed by atoms with Crippen LogP contribution in [0.3, 0.4) is 0 Å². The van der Waals surface area contributed by atoms with Crippen molar-refractivity contribution in [2.45, 2.75) is 19.6 Å². The Morgan fingerprint density at radius 3 is 0.356 bits per heavy atom. The molecule has 21 heteroatoms. The van der Waals surface area contributed by atoms with Crippen LogP contribution in [-0.4, -0.2) is 0 Å². The number of benzene rings is 4. The minimum atomic E-state index is -7.59. The third-order valence-corrected chi connectivity index (χ3v) is 9.79. The lowest BCUT2D eigenvalue weighted by molar-refractivity contribution is 0.344. The molecule has 4 rings (SSSR count). The van der Waals surface area contributed by atoms with E-state index in [1.807, 2.05) is 0 Å².